The molecule has 3 aromatic carbocycles. The Kier molecular flexibility index (Phi) is 5.34. The van der Waals surface area contributed by atoms with Crippen molar-refractivity contribution in [2.24, 2.45) is 0 Å². The van der Waals surface area contributed by atoms with Gasteiger partial charge in [-0.2, -0.15) is 0 Å². The molecule has 0 fully saturated rings. The smallest absolute Gasteiger partial charge is 0.268 e. The summed E-state index contributed by atoms with van der Waals surface area (Å²) >= 11 is 0. The summed E-state index contributed by atoms with van der Waals surface area (Å²) in [5.41, 5.74) is 5.42. The first-order valence-corrected chi connectivity index (χ1v) is 11.0. The largest absolute Gasteiger partial charge is 0.479 e. The lowest BCUT2D eigenvalue weighted by atomic mass is 10.1. The van der Waals surface area contributed by atoms with Crippen molar-refractivity contribution in [3.8, 4) is 5.75 Å². The average Bonchev–Trinajstić information content (AvgIpc) is 3.21. The molecule has 0 radical (unpaired) electrons. The van der Waals surface area contributed by atoms with Crippen molar-refractivity contribution in [3.05, 3.63) is 89.6 Å². The zero-order valence-electron chi connectivity index (χ0n) is 18.6. The van der Waals surface area contributed by atoms with Crippen LogP contribution in [0.5, 0.6) is 5.75 Å². The van der Waals surface area contributed by atoms with Crippen molar-refractivity contribution in [1.29, 1.82) is 0 Å². The van der Waals surface area contributed by atoms with E-state index < -0.39 is 6.10 Å². The molecule has 1 aromatic heterocycles. The number of fused-ring (bicyclic) bond motifs is 2. The number of H-pyrrole nitrogens is 1. The van der Waals surface area contributed by atoms with Gasteiger partial charge in [0.1, 0.15) is 5.75 Å². The zero-order valence-corrected chi connectivity index (χ0v) is 18.6. The SMILES string of the molecule is Cc1ccccc1CN1C(=O)C(C)Oc2ccc(NC(=O)Cc3c[nH]c4ccccc34)cc21. The molecule has 1 aliphatic rings. The first kappa shape index (κ1) is 20.8. The molecule has 4 aromatic rings. The van der Waals surface area contributed by atoms with Crippen molar-refractivity contribution < 1.29 is 14.3 Å². The van der Waals surface area contributed by atoms with Gasteiger partial charge >= 0.3 is 0 Å². The second kappa shape index (κ2) is 8.47. The summed E-state index contributed by atoms with van der Waals surface area (Å²) in [5, 5.41) is 4.01. The summed E-state index contributed by atoms with van der Waals surface area (Å²) in [6.07, 6.45) is 1.55. The van der Waals surface area contributed by atoms with E-state index in [1.54, 1.807) is 17.9 Å². The predicted octanol–water partition coefficient (Wildman–Crippen LogP) is 4.97. The number of nitrogens with zero attached hydrogens (tertiary/aromatic N) is 1. The molecule has 5 rings (SSSR count). The summed E-state index contributed by atoms with van der Waals surface area (Å²) in [6, 6.07) is 21.3. The third kappa shape index (κ3) is 4.07. The number of aryl methyl sites for hydroxylation is 1. The molecule has 2 amide bonds. The summed E-state index contributed by atoms with van der Waals surface area (Å²) in [6.45, 7) is 4.23. The van der Waals surface area contributed by atoms with Crippen molar-refractivity contribution in [3.63, 3.8) is 0 Å². The molecule has 0 saturated carbocycles. The van der Waals surface area contributed by atoms with Gasteiger partial charge in [-0.05, 0) is 54.8 Å². The monoisotopic (exact) mass is 439 g/mol. The van der Waals surface area contributed by atoms with Crippen LogP contribution in [-0.2, 0) is 22.6 Å². The fraction of sp³-hybridized carbons (Fsp3) is 0.185. The summed E-state index contributed by atoms with van der Waals surface area (Å²) < 4.78 is 5.83. The van der Waals surface area contributed by atoms with E-state index in [4.69, 9.17) is 4.74 Å². The van der Waals surface area contributed by atoms with Crippen molar-refractivity contribution in [1.82, 2.24) is 4.98 Å². The highest BCUT2D eigenvalue weighted by molar-refractivity contribution is 6.01. The van der Waals surface area contributed by atoms with E-state index in [-0.39, 0.29) is 18.2 Å². The van der Waals surface area contributed by atoms with Gasteiger partial charge in [0, 0.05) is 22.8 Å². The minimum Gasteiger partial charge on any atom is -0.479 e. The molecule has 2 N–H and O–H groups in total. The van der Waals surface area contributed by atoms with Crippen LogP contribution in [-0.4, -0.2) is 22.9 Å². The van der Waals surface area contributed by atoms with E-state index in [2.05, 4.69) is 10.3 Å². The number of hydrogen-bond donors (Lipinski definition) is 2. The first-order valence-electron chi connectivity index (χ1n) is 11.0. The quantitative estimate of drug-likeness (QED) is 0.461. The maximum absolute atomic E-state index is 13.0. The average molecular weight is 440 g/mol. The van der Waals surface area contributed by atoms with E-state index in [0.29, 0.717) is 23.7 Å². The molecule has 6 nitrogen and oxygen atoms in total. The van der Waals surface area contributed by atoms with Crippen LogP contribution in [0.2, 0.25) is 0 Å². The lowest BCUT2D eigenvalue weighted by Gasteiger charge is -2.33. The van der Waals surface area contributed by atoms with Crippen molar-refractivity contribution in [2.75, 3.05) is 10.2 Å². The minimum atomic E-state index is -0.566. The Morgan fingerprint density at radius 3 is 2.70 bits per heavy atom. The Balaban J connectivity index is 1.39. The van der Waals surface area contributed by atoms with Gasteiger partial charge in [0.15, 0.2) is 6.10 Å². The van der Waals surface area contributed by atoms with Gasteiger partial charge in [-0.15, -0.1) is 0 Å². The number of para-hydroxylation sites is 1. The number of aromatic nitrogens is 1. The Labute approximate surface area is 192 Å². The maximum atomic E-state index is 13.0. The predicted molar refractivity (Wildman–Crippen MR) is 130 cm³/mol. The zero-order chi connectivity index (χ0) is 22.9. The van der Waals surface area contributed by atoms with Crippen LogP contribution >= 0.6 is 0 Å². The topological polar surface area (TPSA) is 74.4 Å². The lowest BCUT2D eigenvalue weighted by molar-refractivity contribution is -0.125. The number of hydrogen-bond acceptors (Lipinski definition) is 3. The molecule has 0 saturated heterocycles. The van der Waals surface area contributed by atoms with E-state index >= 15 is 0 Å². The maximum Gasteiger partial charge on any atom is 0.268 e. The molecule has 166 valence electrons. The van der Waals surface area contributed by atoms with E-state index in [0.717, 1.165) is 27.6 Å². The third-order valence-electron chi connectivity index (χ3n) is 6.07. The van der Waals surface area contributed by atoms with E-state index in [1.165, 1.54) is 0 Å². The molecule has 1 unspecified atom stereocenters. The fourth-order valence-electron chi connectivity index (χ4n) is 4.26. The number of rotatable bonds is 5. The summed E-state index contributed by atoms with van der Waals surface area (Å²) in [5.74, 6) is 0.403. The number of amides is 2. The number of ether oxygens (including phenoxy) is 1. The highest BCUT2D eigenvalue weighted by atomic mass is 16.5. The number of aromatic amines is 1. The molecule has 0 aliphatic carbocycles. The van der Waals surface area contributed by atoms with Crippen LogP contribution in [0.4, 0.5) is 11.4 Å². The number of carbonyl (C=O) groups excluding carboxylic acids is 2. The lowest BCUT2D eigenvalue weighted by Crippen LogP contribution is -2.44. The molecule has 0 bridgehead atoms. The minimum absolute atomic E-state index is 0.104. The summed E-state index contributed by atoms with van der Waals surface area (Å²) in [7, 11) is 0. The number of carbonyl (C=O) groups is 2. The van der Waals surface area contributed by atoms with Gasteiger partial charge in [-0.25, -0.2) is 0 Å². The number of nitrogens with one attached hydrogen (secondary N) is 2. The van der Waals surface area contributed by atoms with Crippen LogP contribution in [0.15, 0.2) is 72.9 Å². The van der Waals surface area contributed by atoms with E-state index in [9.17, 15) is 9.59 Å². The Morgan fingerprint density at radius 1 is 1.06 bits per heavy atom. The molecule has 2 heterocycles. The molecule has 0 spiro atoms. The second-order valence-electron chi connectivity index (χ2n) is 8.38. The van der Waals surface area contributed by atoms with Gasteiger partial charge in [0.25, 0.3) is 5.91 Å². The van der Waals surface area contributed by atoms with Crippen LogP contribution in [0, 0.1) is 6.92 Å². The third-order valence-corrected chi connectivity index (χ3v) is 6.07. The highest BCUT2D eigenvalue weighted by Crippen LogP contribution is 2.37. The van der Waals surface area contributed by atoms with Gasteiger partial charge in [0.05, 0.1) is 18.7 Å². The molecular weight excluding hydrogens is 414 g/mol. The number of benzene rings is 3. The van der Waals surface area contributed by atoms with Gasteiger partial charge in [0.2, 0.25) is 5.91 Å². The molecular formula is C27H25N3O3. The van der Waals surface area contributed by atoms with E-state index in [1.807, 2.05) is 73.8 Å². The highest BCUT2D eigenvalue weighted by Gasteiger charge is 2.32. The summed E-state index contributed by atoms with van der Waals surface area (Å²) in [4.78, 5) is 30.7. The van der Waals surface area contributed by atoms with Crippen LogP contribution in [0.25, 0.3) is 10.9 Å². The Bertz CT molecular complexity index is 1360. The van der Waals surface area contributed by atoms with Crippen molar-refractivity contribution >= 4 is 34.1 Å². The normalized spacial score (nSPS) is 15.3. The molecule has 6 heteroatoms. The Morgan fingerprint density at radius 2 is 1.85 bits per heavy atom. The number of anilines is 2. The van der Waals surface area contributed by atoms with Gasteiger partial charge in [-0.3, -0.25) is 9.59 Å². The first-order chi connectivity index (χ1) is 16.0. The molecule has 33 heavy (non-hydrogen) atoms. The van der Waals surface area contributed by atoms with Crippen LogP contribution in [0.1, 0.15) is 23.6 Å². The fourth-order valence-corrected chi connectivity index (χ4v) is 4.26. The molecule has 1 atom stereocenters. The van der Waals surface area contributed by atoms with Gasteiger partial charge < -0.3 is 19.9 Å². The standard InChI is InChI=1S/C27H25N3O3/c1-17-7-3-4-8-19(17)16-30-24-14-21(11-12-25(24)33-18(2)27(30)32)29-26(31)13-20-15-28-23-10-6-5-9-22(20)23/h3-12,14-15,18,28H,13,16H2,1-2H3,(H,29,31). The molecule has 1 aliphatic heterocycles. The second-order valence-corrected chi connectivity index (χ2v) is 8.38. The van der Waals surface area contributed by atoms with Crippen LogP contribution < -0.4 is 15.0 Å². The van der Waals surface area contributed by atoms with Crippen LogP contribution in [0.3, 0.4) is 0 Å². The van der Waals surface area contributed by atoms with Gasteiger partial charge in [-0.1, -0.05) is 42.5 Å². The Hall–Kier alpha value is -4.06. The van der Waals surface area contributed by atoms with Crippen molar-refractivity contribution in [2.45, 2.75) is 32.9 Å².